The zero-order valence-corrected chi connectivity index (χ0v) is 15.1. The first kappa shape index (κ1) is 17.2. The first-order valence-corrected chi connectivity index (χ1v) is 8.93. The Hall–Kier alpha value is -2.62. The van der Waals surface area contributed by atoms with E-state index >= 15 is 0 Å². The molecule has 0 aliphatic rings. The first-order chi connectivity index (χ1) is 12.1. The van der Waals surface area contributed by atoms with Crippen molar-refractivity contribution in [1.82, 2.24) is 14.9 Å². The lowest BCUT2D eigenvalue weighted by Gasteiger charge is -2.16. The monoisotopic (exact) mass is 335 g/mol. The minimum atomic E-state index is -0.155. The highest BCUT2D eigenvalue weighted by Gasteiger charge is 2.18. The lowest BCUT2D eigenvalue weighted by molar-refractivity contribution is 0.0937. The fraction of sp³-hybridized carbons (Fsp3) is 0.333. The number of imidazole rings is 1. The number of aryl methyl sites for hydroxylation is 2. The summed E-state index contributed by atoms with van der Waals surface area (Å²) < 4.78 is 2.24. The standard InChI is InChI=1S/C21H25N3O/c1-4-5-13-24-19-12-7-6-11-18(19)23-20(24)16(3)22-21(25)17-10-8-9-15(2)14-17/h6-12,14,16H,4-5,13H2,1-3H3,(H,22,25)/t16-/m0/s1. The van der Waals surface area contributed by atoms with Gasteiger partial charge in [0.25, 0.3) is 5.91 Å². The molecule has 2 aromatic carbocycles. The third-order valence-electron chi connectivity index (χ3n) is 4.43. The van der Waals surface area contributed by atoms with Crippen molar-refractivity contribution >= 4 is 16.9 Å². The SMILES string of the molecule is CCCCn1c([C@H](C)NC(=O)c2cccc(C)c2)nc2ccccc21. The lowest BCUT2D eigenvalue weighted by atomic mass is 10.1. The van der Waals surface area contributed by atoms with Crippen LogP contribution in [0.3, 0.4) is 0 Å². The zero-order chi connectivity index (χ0) is 17.8. The Bertz CT molecular complexity index is 882. The number of para-hydroxylation sites is 2. The van der Waals surface area contributed by atoms with E-state index in [9.17, 15) is 4.79 Å². The molecular formula is C21H25N3O. The van der Waals surface area contributed by atoms with Crippen LogP contribution in [0.1, 0.15) is 54.5 Å². The second-order valence-corrected chi connectivity index (χ2v) is 6.53. The number of hydrogen-bond acceptors (Lipinski definition) is 2. The van der Waals surface area contributed by atoms with Crippen molar-refractivity contribution in [2.24, 2.45) is 0 Å². The summed E-state index contributed by atoms with van der Waals surface area (Å²) in [6.45, 7) is 7.08. The van der Waals surface area contributed by atoms with Gasteiger partial charge >= 0.3 is 0 Å². The average Bonchev–Trinajstić information content (AvgIpc) is 2.98. The number of nitrogens with zero attached hydrogens (tertiary/aromatic N) is 2. The largest absolute Gasteiger partial charge is 0.342 e. The van der Waals surface area contributed by atoms with E-state index in [-0.39, 0.29) is 11.9 Å². The summed E-state index contributed by atoms with van der Waals surface area (Å²) >= 11 is 0. The second kappa shape index (κ2) is 7.51. The van der Waals surface area contributed by atoms with Crippen LogP contribution in [0.15, 0.2) is 48.5 Å². The molecule has 0 fully saturated rings. The summed E-state index contributed by atoms with van der Waals surface area (Å²) in [4.78, 5) is 17.4. The summed E-state index contributed by atoms with van der Waals surface area (Å²) in [5.74, 6) is 0.848. The average molecular weight is 335 g/mol. The maximum absolute atomic E-state index is 12.6. The van der Waals surface area contributed by atoms with Gasteiger partial charge in [-0.2, -0.15) is 0 Å². The van der Waals surface area contributed by atoms with Crippen molar-refractivity contribution in [3.63, 3.8) is 0 Å². The minimum Gasteiger partial charge on any atom is -0.342 e. The van der Waals surface area contributed by atoms with Crippen LogP contribution >= 0.6 is 0 Å². The third-order valence-corrected chi connectivity index (χ3v) is 4.43. The Balaban J connectivity index is 1.88. The molecule has 1 amide bonds. The van der Waals surface area contributed by atoms with Crippen molar-refractivity contribution in [1.29, 1.82) is 0 Å². The van der Waals surface area contributed by atoms with Gasteiger partial charge in [0.2, 0.25) is 0 Å². The molecule has 1 heterocycles. The smallest absolute Gasteiger partial charge is 0.251 e. The summed E-state index contributed by atoms with van der Waals surface area (Å²) in [5, 5.41) is 3.10. The van der Waals surface area contributed by atoms with E-state index in [1.54, 1.807) is 0 Å². The fourth-order valence-electron chi connectivity index (χ4n) is 3.11. The maximum Gasteiger partial charge on any atom is 0.251 e. The maximum atomic E-state index is 12.6. The molecule has 0 saturated carbocycles. The van der Waals surface area contributed by atoms with E-state index in [1.807, 2.05) is 56.3 Å². The summed E-state index contributed by atoms with van der Waals surface area (Å²) in [6.07, 6.45) is 2.21. The highest BCUT2D eigenvalue weighted by molar-refractivity contribution is 5.94. The topological polar surface area (TPSA) is 46.9 Å². The van der Waals surface area contributed by atoms with Gasteiger partial charge < -0.3 is 9.88 Å². The number of carbonyl (C=O) groups is 1. The van der Waals surface area contributed by atoms with Gasteiger partial charge in [0, 0.05) is 12.1 Å². The quantitative estimate of drug-likeness (QED) is 0.713. The number of carbonyl (C=O) groups excluding carboxylic acids is 1. The number of rotatable bonds is 6. The molecule has 1 atom stereocenters. The fourth-order valence-corrected chi connectivity index (χ4v) is 3.11. The van der Waals surface area contributed by atoms with Gasteiger partial charge in [-0.25, -0.2) is 4.98 Å². The molecule has 4 heteroatoms. The highest BCUT2D eigenvalue weighted by Crippen LogP contribution is 2.22. The predicted molar refractivity (Wildman–Crippen MR) is 102 cm³/mol. The van der Waals surface area contributed by atoms with Crippen molar-refractivity contribution in [3.05, 3.63) is 65.5 Å². The Morgan fingerprint density at radius 3 is 2.76 bits per heavy atom. The summed E-state index contributed by atoms with van der Waals surface area (Å²) in [6, 6.07) is 15.6. The van der Waals surface area contributed by atoms with E-state index < -0.39 is 0 Å². The van der Waals surface area contributed by atoms with Gasteiger partial charge in [0.1, 0.15) is 5.82 Å². The number of amides is 1. The molecule has 25 heavy (non-hydrogen) atoms. The van der Waals surface area contributed by atoms with Crippen LogP contribution < -0.4 is 5.32 Å². The van der Waals surface area contributed by atoms with Crippen LogP contribution in [-0.2, 0) is 6.54 Å². The van der Waals surface area contributed by atoms with Gasteiger partial charge in [-0.15, -0.1) is 0 Å². The van der Waals surface area contributed by atoms with Gasteiger partial charge in [0.15, 0.2) is 0 Å². The lowest BCUT2D eigenvalue weighted by Crippen LogP contribution is -2.28. The molecule has 3 rings (SSSR count). The van der Waals surface area contributed by atoms with Gasteiger partial charge in [0.05, 0.1) is 17.1 Å². The highest BCUT2D eigenvalue weighted by atomic mass is 16.1. The number of aromatic nitrogens is 2. The Kier molecular flexibility index (Phi) is 5.17. The summed E-state index contributed by atoms with van der Waals surface area (Å²) in [7, 11) is 0. The van der Waals surface area contributed by atoms with E-state index in [0.29, 0.717) is 5.56 Å². The molecule has 0 radical (unpaired) electrons. The predicted octanol–water partition coefficient (Wildman–Crippen LogP) is 4.64. The Morgan fingerprint density at radius 1 is 1.20 bits per heavy atom. The molecular weight excluding hydrogens is 310 g/mol. The minimum absolute atomic E-state index is 0.0645. The number of benzene rings is 2. The molecule has 0 bridgehead atoms. The molecule has 1 aromatic heterocycles. The molecule has 4 nitrogen and oxygen atoms in total. The Morgan fingerprint density at radius 2 is 2.00 bits per heavy atom. The Labute approximate surface area is 148 Å². The number of fused-ring (bicyclic) bond motifs is 1. The number of nitrogens with one attached hydrogen (secondary N) is 1. The molecule has 0 aliphatic heterocycles. The van der Waals surface area contributed by atoms with Crippen molar-refractivity contribution in [2.75, 3.05) is 0 Å². The number of hydrogen-bond donors (Lipinski definition) is 1. The van der Waals surface area contributed by atoms with Crippen LogP contribution in [0.4, 0.5) is 0 Å². The summed E-state index contributed by atoms with van der Waals surface area (Å²) in [5.41, 5.74) is 3.87. The van der Waals surface area contributed by atoms with Gasteiger partial charge in [-0.05, 0) is 44.5 Å². The van der Waals surface area contributed by atoms with E-state index in [2.05, 4.69) is 22.9 Å². The molecule has 0 spiro atoms. The normalized spacial score (nSPS) is 12.3. The first-order valence-electron chi connectivity index (χ1n) is 8.93. The third kappa shape index (κ3) is 3.73. The van der Waals surface area contributed by atoms with E-state index in [0.717, 1.165) is 41.8 Å². The van der Waals surface area contributed by atoms with Crippen LogP contribution in [0.5, 0.6) is 0 Å². The van der Waals surface area contributed by atoms with Crippen molar-refractivity contribution in [2.45, 2.75) is 46.2 Å². The molecule has 0 unspecified atom stereocenters. The van der Waals surface area contributed by atoms with E-state index in [1.165, 1.54) is 0 Å². The van der Waals surface area contributed by atoms with Crippen LogP contribution in [0.25, 0.3) is 11.0 Å². The molecule has 0 aliphatic carbocycles. The number of unbranched alkanes of at least 4 members (excludes halogenated alkanes) is 1. The molecule has 130 valence electrons. The second-order valence-electron chi connectivity index (χ2n) is 6.53. The van der Waals surface area contributed by atoms with Crippen molar-refractivity contribution in [3.8, 4) is 0 Å². The van der Waals surface area contributed by atoms with Crippen molar-refractivity contribution < 1.29 is 4.79 Å². The van der Waals surface area contributed by atoms with Crippen LogP contribution in [0, 0.1) is 6.92 Å². The van der Waals surface area contributed by atoms with Gasteiger partial charge in [-0.1, -0.05) is 43.2 Å². The van der Waals surface area contributed by atoms with Crippen LogP contribution in [-0.4, -0.2) is 15.5 Å². The van der Waals surface area contributed by atoms with E-state index in [4.69, 9.17) is 4.98 Å². The molecule has 3 aromatic rings. The zero-order valence-electron chi connectivity index (χ0n) is 15.1. The molecule has 1 N–H and O–H groups in total. The molecule has 0 saturated heterocycles. The van der Waals surface area contributed by atoms with Crippen LogP contribution in [0.2, 0.25) is 0 Å². The van der Waals surface area contributed by atoms with Gasteiger partial charge in [-0.3, -0.25) is 4.79 Å².